The number of benzene rings is 1. The van der Waals surface area contributed by atoms with Crippen LogP contribution >= 0.6 is 7.80 Å². The Hall–Kier alpha value is -1.08. The van der Waals surface area contributed by atoms with Gasteiger partial charge in [-0.15, -0.1) is 0 Å². The van der Waals surface area contributed by atoms with Gasteiger partial charge >= 0.3 is 0 Å². The molecular weight excluding hydrogens is 283 g/mol. The van der Waals surface area contributed by atoms with Gasteiger partial charge in [0.25, 0.3) is 0 Å². The minimum atomic E-state index is -1.30. The zero-order chi connectivity index (χ0) is 16.0. The summed E-state index contributed by atoms with van der Waals surface area (Å²) in [5.41, 5.74) is 1.18. The highest BCUT2D eigenvalue weighted by Crippen LogP contribution is 2.39. The highest BCUT2D eigenvalue weighted by molar-refractivity contribution is 7.43. The number of hydrogen-bond acceptors (Lipinski definition) is 3. The third-order valence-corrected chi connectivity index (χ3v) is 5.04. The van der Waals surface area contributed by atoms with Gasteiger partial charge in [0.2, 0.25) is 0 Å². The predicted molar refractivity (Wildman–Crippen MR) is 89.0 cm³/mol. The van der Waals surface area contributed by atoms with Crippen LogP contribution in [-0.4, -0.2) is 20.4 Å². The predicted octanol–water partition coefficient (Wildman–Crippen LogP) is 5.10. The van der Waals surface area contributed by atoms with Gasteiger partial charge in [-0.2, -0.15) is 0 Å². The minimum absolute atomic E-state index is 0.276. The largest absolute Gasteiger partial charge is 0.496 e. The first kappa shape index (κ1) is 18.0. The summed E-state index contributed by atoms with van der Waals surface area (Å²) < 4.78 is 23.2. The van der Waals surface area contributed by atoms with Crippen molar-refractivity contribution in [1.82, 2.24) is 0 Å². The molecule has 0 fully saturated rings. The van der Waals surface area contributed by atoms with Crippen molar-refractivity contribution in [1.29, 1.82) is 0 Å². The van der Waals surface area contributed by atoms with Crippen molar-refractivity contribution in [3.05, 3.63) is 23.8 Å². The molecule has 0 aliphatic rings. The summed E-state index contributed by atoms with van der Waals surface area (Å²) in [7, 11) is 1.96. The first-order valence-electron chi connectivity index (χ1n) is 7.38. The molecule has 1 radical (unpaired) electrons. The van der Waals surface area contributed by atoms with E-state index in [1.54, 1.807) is 14.2 Å². The van der Waals surface area contributed by atoms with E-state index in [9.17, 15) is 4.57 Å². The highest BCUT2D eigenvalue weighted by Gasteiger charge is 2.19. The Morgan fingerprint density at radius 1 is 1.14 bits per heavy atom. The monoisotopic (exact) mass is 311 g/mol. The maximum atomic E-state index is 12.5. The summed E-state index contributed by atoms with van der Waals surface area (Å²) in [6.07, 6.45) is 2.34. The molecule has 0 heterocycles. The molecule has 1 rings (SSSR count). The maximum Gasteiger partial charge on any atom is 0.126 e. The van der Waals surface area contributed by atoms with E-state index in [2.05, 4.69) is 27.7 Å². The zero-order valence-electron chi connectivity index (χ0n) is 14.1. The molecule has 0 bridgehead atoms. The maximum absolute atomic E-state index is 12.5. The molecular formula is C17H28O3P. The Morgan fingerprint density at radius 3 is 2.10 bits per heavy atom. The van der Waals surface area contributed by atoms with Gasteiger partial charge in [0, 0.05) is 11.7 Å². The molecule has 1 aromatic rings. The lowest BCUT2D eigenvalue weighted by molar-refractivity contribution is 0.321. The summed E-state index contributed by atoms with van der Waals surface area (Å²) >= 11 is 0. The van der Waals surface area contributed by atoms with Gasteiger partial charge in [-0.25, -0.2) is 0 Å². The smallest absolute Gasteiger partial charge is 0.126 e. The third kappa shape index (κ3) is 6.05. The molecule has 0 saturated heterocycles. The van der Waals surface area contributed by atoms with Crippen LogP contribution in [0.25, 0.3) is 0 Å². The Morgan fingerprint density at radius 2 is 1.67 bits per heavy atom. The van der Waals surface area contributed by atoms with E-state index in [4.69, 9.17) is 9.47 Å². The molecule has 2 unspecified atom stereocenters. The standard InChI is InChI=1S/C17H28O3P/c1-13(10-17(2,3)4)11-21(18)12-14-15(19-5)8-7-9-16(14)20-6/h7-9,13H,10-12H2,1-6H3. The van der Waals surface area contributed by atoms with Crippen LogP contribution in [0.4, 0.5) is 0 Å². The molecule has 0 aliphatic heterocycles. The Bertz CT molecular complexity index is 455. The van der Waals surface area contributed by atoms with Crippen molar-refractivity contribution in [2.45, 2.75) is 40.3 Å². The van der Waals surface area contributed by atoms with Gasteiger partial charge < -0.3 is 9.47 Å². The van der Waals surface area contributed by atoms with Gasteiger partial charge in [0.15, 0.2) is 0 Å². The number of rotatable bonds is 7. The van der Waals surface area contributed by atoms with E-state index in [0.29, 0.717) is 12.1 Å². The molecule has 0 spiro atoms. The quantitative estimate of drug-likeness (QED) is 0.657. The summed E-state index contributed by atoms with van der Waals surface area (Å²) in [4.78, 5) is 0. The van der Waals surface area contributed by atoms with Crippen LogP contribution in [0.15, 0.2) is 18.2 Å². The SMILES string of the molecule is COc1cccc(OC)c1C[P](=O)CC(C)CC(C)(C)C. The van der Waals surface area contributed by atoms with E-state index in [0.717, 1.165) is 29.6 Å². The zero-order valence-corrected chi connectivity index (χ0v) is 15.0. The molecule has 1 aromatic carbocycles. The van der Waals surface area contributed by atoms with E-state index in [1.165, 1.54) is 0 Å². The lowest BCUT2D eigenvalue weighted by Crippen LogP contribution is -2.12. The number of methoxy groups -OCH3 is 2. The minimum Gasteiger partial charge on any atom is -0.496 e. The van der Waals surface area contributed by atoms with E-state index >= 15 is 0 Å². The second-order valence-electron chi connectivity index (χ2n) is 6.83. The summed E-state index contributed by atoms with van der Waals surface area (Å²) in [5, 5.41) is 0. The molecule has 0 amide bonds. The Balaban J connectivity index is 2.75. The van der Waals surface area contributed by atoms with Crippen molar-refractivity contribution in [2.24, 2.45) is 11.3 Å². The van der Waals surface area contributed by atoms with Crippen molar-refractivity contribution in [3.8, 4) is 11.5 Å². The van der Waals surface area contributed by atoms with E-state index < -0.39 is 7.80 Å². The van der Waals surface area contributed by atoms with Crippen molar-refractivity contribution in [2.75, 3.05) is 20.4 Å². The lowest BCUT2D eigenvalue weighted by Gasteiger charge is -2.23. The molecule has 119 valence electrons. The second kappa shape index (κ2) is 7.79. The molecule has 0 aliphatic carbocycles. The fourth-order valence-electron chi connectivity index (χ4n) is 2.78. The first-order chi connectivity index (χ1) is 9.76. The number of hydrogen-bond donors (Lipinski definition) is 0. The Labute approximate surface area is 129 Å². The second-order valence-corrected chi connectivity index (χ2v) is 8.48. The third-order valence-electron chi connectivity index (χ3n) is 3.34. The van der Waals surface area contributed by atoms with Gasteiger partial charge in [0.05, 0.1) is 28.2 Å². The van der Waals surface area contributed by atoms with Gasteiger partial charge in [-0.05, 0) is 29.9 Å². The van der Waals surface area contributed by atoms with Crippen LogP contribution < -0.4 is 9.47 Å². The Kier molecular flexibility index (Phi) is 6.67. The van der Waals surface area contributed by atoms with Crippen molar-refractivity contribution in [3.63, 3.8) is 0 Å². The molecule has 0 aromatic heterocycles. The van der Waals surface area contributed by atoms with Crippen LogP contribution in [0, 0.1) is 11.3 Å². The van der Waals surface area contributed by atoms with Crippen LogP contribution in [0.5, 0.6) is 11.5 Å². The fraction of sp³-hybridized carbons (Fsp3) is 0.647. The molecule has 4 heteroatoms. The van der Waals surface area contributed by atoms with E-state index in [-0.39, 0.29) is 5.41 Å². The topological polar surface area (TPSA) is 35.5 Å². The van der Waals surface area contributed by atoms with Crippen LogP contribution in [0.1, 0.15) is 39.7 Å². The summed E-state index contributed by atoms with van der Waals surface area (Å²) in [6, 6.07) is 5.66. The highest BCUT2D eigenvalue weighted by atomic mass is 31.1. The van der Waals surface area contributed by atoms with Crippen molar-refractivity contribution < 1.29 is 14.0 Å². The average Bonchev–Trinajstić information content (AvgIpc) is 2.36. The summed E-state index contributed by atoms with van der Waals surface area (Å²) in [6.45, 7) is 8.84. The van der Waals surface area contributed by atoms with E-state index in [1.807, 2.05) is 18.2 Å². The molecule has 0 saturated carbocycles. The normalized spacial score (nSPS) is 13.7. The molecule has 21 heavy (non-hydrogen) atoms. The van der Waals surface area contributed by atoms with Crippen LogP contribution in [0.3, 0.4) is 0 Å². The first-order valence-corrected chi connectivity index (χ1v) is 9.01. The van der Waals surface area contributed by atoms with Crippen molar-refractivity contribution >= 4 is 7.80 Å². The van der Waals surface area contributed by atoms with Crippen LogP contribution in [-0.2, 0) is 10.7 Å². The number of ether oxygens (including phenoxy) is 2. The average molecular weight is 311 g/mol. The van der Waals surface area contributed by atoms with Gasteiger partial charge in [0.1, 0.15) is 11.5 Å². The van der Waals surface area contributed by atoms with Gasteiger partial charge in [-0.1, -0.05) is 33.8 Å². The molecule has 2 atom stereocenters. The molecule has 3 nitrogen and oxygen atoms in total. The summed E-state index contributed by atoms with van der Waals surface area (Å²) in [5.74, 6) is 1.96. The lowest BCUT2D eigenvalue weighted by atomic mass is 9.86. The van der Waals surface area contributed by atoms with Crippen LogP contribution in [0.2, 0.25) is 0 Å². The van der Waals surface area contributed by atoms with Gasteiger partial charge in [-0.3, -0.25) is 4.57 Å². The fourth-order valence-corrected chi connectivity index (χ4v) is 4.40. The molecule has 0 N–H and O–H groups in total.